The summed E-state index contributed by atoms with van der Waals surface area (Å²) in [6, 6.07) is 3.35. The summed E-state index contributed by atoms with van der Waals surface area (Å²) >= 11 is 0. The van der Waals surface area contributed by atoms with Crippen LogP contribution in [-0.4, -0.2) is 13.1 Å². The molecule has 16 heavy (non-hydrogen) atoms. The van der Waals surface area contributed by atoms with E-state index < -0.39 is 12.0 Å². The molecule has 0 heterocycles. The van der Waals surface area contributed by atoms with Crippen LogP contribution in [0.25, 0.3) is 0 Å². The average molecular weight is 244 g/mol. The highest BCUT2D eigenvalue weighted by atomic mass is 35.5. The lowest BCUT2D eigenvalue weighted by molar-refractivity contribution is -0.142. The minimum Gasteiger partial charge on any atom is -0.468 e. The number of halogens is 1. The molecular weight excluding hydrogens is 226 g/mol. The van der Waals surface area contributed by atoms with Crippen molar-refractivity contribution in [1.82, 2.24) is 0 Å². The normalized spacial score (nSPS) is 11.6. The third-order valence-corrected chi connectivity index (χ3v) is 2.50. The summed E-state index contributed by atoms with van der Waals surface area (Å²) in [4.78, 5) is 11.4. The van der Waals surface area contributed by atoms with Gasteiger partial charge in [0.1, 0.15) is 6.04 Å². The number of nitrogens with two attached hydrogens (primary N) is 1. The van der Waals surface area contributed by atoms with Gasteiger partial charge in [0, 0.05) is 0 Å². The summed E-state index contributed by atoms with van der Waals surface area (Å²) in [6.45, 7) is 5.93. The Bertz CT molecular complexity index is 368. The zero-order valence-corrected chi connectivity index (χ0v) is 10.9. The minimum atomic E-state index is -0.685. The SMILES string of the molecule is COC(=O)[C@@H](N)c1c(C)cc(C)cc1C.Cl. The molecule has 0 saturated heterocycles. The van der Waals surface area contributed by atoms with Gasteiger partial charge in [-0.25, -0.2) is 0 Å². The number of ether oxygens (including phenoxy) is 1. The lowest BCUT2D eigenvalue weighted by atomic mass is 9.94. The summed E-state index contributed by atoms with van der Waals surface area (Å²) in [5.41, 5.74) is 9.93. The van der Waals surface area contributed by atoms with Gasteiger partial charge in [-0.05, 0) is 37.5 Å². The van der Waals surface area contributed by atoms with Gasteiger partial charge in [0.15, 0.2) is 0 Å². The zero-order chi connectivity index (χ0) is 11.6. The molecule has 0 fully saturated rings. The van der Waals surface area contributed by atoms with Crippen LogP contribution in [0.5, 0.6) is 0 Å². The van der Waals surface area contributed by atoms with E-state index in [1.165, 1.54) is 12.7 Å². The Morgan fingerprint density at radius 1 is 1.25 bits per heavy atom. The zero-order valence-electron chi connectivity index (χ0n) is 10.0. The van der Waals surface area contributed by atoms with Gasteiger partial charge in [-0.3, -0.25) is 4.79 Å². The Labute approximate surface area is 102 Å². The van der Waals surface area contributed by atoms with Gasteiger partial charge in [-0.2, -0.15) is 0 Å². The van der Waals surface area contributed by atoms with E-state index in [2.05, 4.69) is 4.74 Å². The predicted octanol–water partition coefficient (Wildman–Crippen LogP) is 2.21. The number of methoxy groups -OCH3 is 1. The quantitative estimate of drug-likeness (QED) is 0.811. The van der Waals surface area contributed by atoms with Gasteiger partial charge in [0.2, 0.25) is 0 Å². The van der Waals surface area contributed by atoms with Gasteiger partial charge in [0.25, 0.3) is 0 Å². The van der Waals surface area contributed by atoms with Crippen LogP contribution in [0.3, 0.4) is 0 Å². The van der Waals surface area contributed by atoms with Crippen LogP contribution in [-0.2, 0) is 9.53 Å². The summed E-state index contributed by atoms with van der Waals surface area (Å²) < 4.78 is 4.64. The topological polar surface area (TPSA) is 52.3 Å². The van der Waals surface area contributed by atoms with Crippen molar-refractivity contribution in [1.29, 1.82) is 0 Å². The lowest BCUT2D eigenvalue weighted by Gasteiger charge is -2.16. The number of rotatable bonds is 2. The molecule has 4 heteroatoms. The summed E-state index contributed by atoms with van der Waals surface area (Å²) in [7, 11) is 1.35. The number of aryl methyl sites for hydroxylation is 3. The number of benzene rings is 1. The van der Waals surface area contributed by atoms with Gasteiger partial charge in [0.05, 0.1) is 7.11 Å². The first-order valence-electron chi connectivity index (χ1n) is 4.88. The van der Waals surface area contributed by atoms with Crippen LogP contribution in [0, 0.1) is 20.8 Å². The molecule has 0 aromatic heterocycles. The van der Waals surface area contributed by atoms with Crippen LogP contribution in [0.4, 0.5) is 0 Å². The largest absolute Gasteiger partial charge is 0.468 e. The van der Waals surface area contributed by atoms with E-state index in [1.807, 2.05) is 32.9 Å². The second-order valence-corrected chi connectivity index (χ2v) is 3.81. The predicted molar refractivity (Wildman–Crippen MR) is 66.8 cm³/mol. The van der Waals surface area contributed by atoms with Gasteiger partial charge in [-0.1, -0.05) is 17.7 Å². The monoisotopic (exact) mass is 243 g/mol. The third kappa shape index (κ3) is 2.97. The molecule has 0 unspecified atom stereocenters. The second kappa shape index (κ2) is 5.87. The molecular formula is C12H18ClNO2. The van der Waals surface area contributed by atoms with Crippen molar-refractivity contribution in [3.05, 3.63) is 34.4 Å². The van der Waals surface area contributed by atoms with Crippen molar-refractivity contribution < 1.29 is 9.53 Å². The minimum absolute atomic E-state index is 0. The maximum Gasteiger partial charge on any atom is 0.327 e. The first-order valence-corrected chi connectivity index (χ1v) is 4.88. The fourth-order valence-corrected chi connectivity index (χ4v) is 1.93. The Morgan fingerprint density at radius 2 is 1.69 bits per heavy atom. The van der Waals surface area contributed by atoms with Crippen LogP contribution >= 0.6 is 12.4 Å². The van der Waals surface area contributed by atoms with Crippen LogP contribution in [0.1, 0.15) is 28.3 Å². The molecule has 1 atom stereocenters. The van der Waals surface area contributed by atoms with Gasteiger partial charge >= 0.3 is 5.97 Å². The lowest BCUT2D eigenvalue weighted by Crippen LogP contribution is -2.24. The summed E-state index contributed by atoms with van der Waals surface area (Å²) in [5, 5.41) is 0. The molecule has 0 aliphatic carbocycles. The number of carbonyl (C=O) groups excluding carboxylic acids is 1. The number of hydrogen-bond acceptors (Lipinski definition) is 3. The highest BCUT2D eigenvalue weighted by Gasteiger charge is 2.20. The first kappa shape index (κ1) is 14.9. The summed E-state index contributed by atoms with van der Waals surface area (Å²) in [6.07, 6.45) is 0. The fraction of sp³-hybridized carbons (Fsp3) is 0.417. The summed E-state index contributed by atoms with van der Waals surface area (Å²) in [5.74, 6) is -0.398. The van der Waals surface area contributed by atoms with E-state index in [0.29, 0.717) is 0 Å². The Hall–Kier alpha value is -1.06. The molecule has 1 aromatic carbocycles. The van der Waals surface area contributed by atoms with Crippen LogP contribution in [0.2, 0.25) is 0 Å². The van der Waals surface area contributed by atoms with E-state index in [-0.39, 0.29) is 12.4 Å². The molecule has 2 N–H and O–H groups in total. The maximum absolute atomic E-state index is 11.4. The van der Waals surface area contributed by atoms with Crippen molar-refractivity contribution >= 4 is 18.4 Å². The molecule has 0 radical (unpaired) electrons. The second-order valence-electron chi connectivity index (χ2n) is 3.81. The number of hydrogen-bond donors (Lipinski definition) is 1. The molecule has 3 nitrogen and oxygen atoms in total. The maximum atomic E-state index is 11.4. The van der Waals surface area contributed by atoms with Crippen molar-refractivity contribution in [3.8, 4) is 0 Å². The van der Waals surface area contributed by atoms with Crippen molar-refractivity contribution in [2.75, 3.05) is 7.11 Å². The molecule has 1 aromatic rings. The molecule has 0 bridgehead atoms. The van der Waals surface area contributed by atoms with E-state index in [1.54, 1.807) is 0 Å². The average Bonchev–Trinajstić information content (AvgIpc) is 2.14. The Morgan fingerprint density at radius 3 is 2.06 bits per heavy atom. The smallest absolute Gasteiger partial charge is 0.327 e. The third-order valence-electron chi connectivity index (χ3n) is 2.50. The van der Waals surface area contributed by atoms with Gasteiger partial charge < -0.3 is 10.5 Å². The standard InChI is InChI=1S/C12H17NO2.ClH/c1-7-5-8(2)10(9(3)6-7)11(13)12(14)15-4;/h5-6,11H,13H2,1-4H3;1H/t11-;/m0./s1. The molecule has 90 valence electrons. The molecule has 0 spiro atoms. The van der Waals surface area contributed by atoms with E-state index in [0.717, 1.165) is 16.7 Å². The number of carbonyl (C=O) groups is 1. The number of esters is 1. The fourth-order valence-electron chi connectivity index (χ4n) is 1.93. The highest BCUT2D eigenvalue weighted by Crippen LogP contribution is 2.22. The Balaban J connectivity index is 0.00000225. The van der Waals surface area contributed by atoms with Crippen molar-refractivity contribution in [3.63, 3.8) is 0 Å². The van der Waals surface area contributed by atoms with E-state index in [9.17, 15) is 4.79 Å². The molecule has 0 amide bonds. The van der Waals surface area contributed by atoms with Gasteiger partial charge in [-0.15, -0.1) is 12.4 Å². The molecule has 0 saturated carbocycles. The first-order chi connectivity index (χ1) is 6.97. The van der Waals surface area contributed by atoms with Crippen LogP contribution in [0.15, 0.2) is 12.1 Å². The van der Waals surface area contributed by atoms with E-state index in [4.69, 9.17) is 5.73 Å². The van der Waals surface area contributed by atoms with Crippen molar-refractivity contribution in [2.24, 2.45) is 5.73 Å². The van der Waals surface area contributed by atoms with Crippen molar-refractivity contribution in [2.45, 2.75) is 26.8 Å². The van der Waals surface area contributed by atoms with E-state index >= 15 is 0 Å². The Kier molecular flexibility index (Phi) is 5.48. The molecule has 1 rings (SSSR count). The molecule has 0 aliphatic rings. The highest BCUT2D eigenvalue weighted by molar-refractivity contribution is 5.85. The molecule has 0 aliphatic heterocycles. The van der Waals surface area contributed by atoms with Crippen LogP contribution < -0.4 is 5.73 Å².